The summed E-state index contributed by atoms with van der Waals surface area (Å²) in [6.45, 7) is 19.0. The highest BCUT2D eigenvalue weighted by Crippen LogP contribution is 2.21. The molecule has 0 aliphatic carbocycles. The Morgan fingerprint density at radius 1 is 0.500 bits per heavy atom. The summed E-state index contributed by atoms with van der Waals surface area (Å²) in [5.74, 6) is 0. The van der Waals surface area contributed by atoms with Gasteiger partial charge >= 0.3 is 0 Å². The number of likely N-dealkylation sites (N-methyl/N-ethyl adjacent to an activating group) is 2. The summed E-state index contributed by atoms with van der Waals surface area (Å²) in [5.41, 5.74) is 2.90. The normalized spacial score (nSPS) is 11.4. The van der Waals surface area contributed by atoms with Gasteiger partial charge in [0.1, 0.15) is 26.2 Å². The van der Waals surface area contributed by atoms with E-state index < -0.39 is 0 Å². The van der Waals surface area contributed by atoms with Crippen LogP contribution in [-0.4, -0.2) is 48.2 Å². The third-order valence-electron chi connectivity index (χ3n) is 6.45. The van der Waals surface area contributed by atoms with Crippen LogP contribution in [0.1, 0.15) is 38.8 Å². The van der Waals surface area contributed by atoms with Crippen molar-refractivity contribution in [2.45, 2.75) is 40.8 Å². The first kappa shape index (κ1) is 27.3. The molecular weight excluding hydrogens is 476 g/mol. The molecule has 28 heavy (non-hydrogen) atoms. The van der Waals surface area contributed by atoms with Gasteiger partial charge in [-0.3, -0.25) is 0 Å². The van der Waals surface area contributed by atoms with Crippen LogP contribution >= 0.6 is 0 Å². The molecule has 0 fully saturated rings. The van der Waals surface area contributed by atoms with Crippen molar-refractivity contribution >= 4 is 0 Å². The smallest absolute Gasteiger partial charge is 0.129 e. The van der Waals surface area contributed by atoms with E-state index in [2.05, 4.69) is 88.4 Å². The van der Waals surface area contributed by atoms with Gasteiger partial charge in [-0.15, -0.1) is 0 Å². The van der Waals surface area contributed by atoms with Gasteiger partial charge in [-0.05, 0) is 27.7 Å². The molecule has 2 aromatic carbocycles. The van der Waals surface area contributed by atoms with Crippen LogP contribution in [0.3, 0.4) is 0 Å². The molecule has 0 spiro atoms. The lowest BCUT2D eigenvalue weighted by molar-refractivity contribution is -0.992. The van der Waals surface area contributed by atoms with Crippen molar-refractivity contribution in [1.29, 1.82) is 0 Å². The molecule has 0 radical (unpaired) electrons. The standard InChI is InChI=1S/C24H38N2.2BrH/c1-5-25(6-2,7-3)19-20-26(8-4,21-23-15-11-9-12-16-23)22-24-17-13-10-14-18-24;;/h9-18H,5-8,19-22H2,1-4H3;2*1H/q+2;;/p-2. The molecule has 0 saturated heterocycles. The Kier molecular flexibility index (Phi) is 13.2. The first-order valence-electron chi connectivity index (χ1n) is 10.4. The zero-order valence-electron chi connectivity index (χ0n) is 18.1. The summed E-state index contributed by atoms with van der Waals surface area (Å²) < 4.78 is 2.36. The average Bonchev–Trinajstić information content (AvgIpc) is 2.71. The summed E-state index contributed by atoms with van der Waals surface area (Å²) in [5, 5.41) is 0. The fourth-order valence-corrected chi connectivity index (χ4v) is 4.11. The average molecular weight is 514 g/mol. The summed E-state index contributed by atoms with van der Waals surface area (Å²) in [6.07, 6.45) is 0. The first-order chi connectivity index (χ1) is 12.6. The van der Waals surface area contributed by atoms with Gasteiger partial charge < -0.3 is 42.9 Å². The third kappa shape index (κ3) is 7.62. The molecule has 0 aliphatic heterocycles. The van der Waals surface area contributed by atoms with Crippen LogP contribution in [0.25, 0.3) is 0 Å². The molecule has 0 unspecified atom stereocenters. The van der Waals surface area contributed by atoms with E-state index in [9.17, 15) is 0 Å². The Labute approximate surface area is 194 Å². The third-order valence-corrected chi connectivity index (χ3v) is 6.45. The van der Waals surface area contributed by atoms with E-state index in [-0.39, 0.29) is 34.0 Å². The molecule has 0 aromatic heterocycles. The number of rotatable bonds is 11. The lowest BCUT2D eigenvalue weighted by Gasteiger charge is -2.43. The van der Waals surface area contributed by atoms with Crippen LogP contribution in [0, 0.1) is 0 Å². The SMILES string of the molecule is CC[N+](CC)(CC)CC[N+](CC)(Cc1ccccc1)Cc1ccccc1.[Br-].[Br-]. The Morgan fingerprint density at radius 3 is 1.14 bits per heavy atom. The van der Waals surface area contributed by atoms with Crippen molar-refractivity contribution in [2.24, 2.45) is 0 Å². The predicted molar refractivity (Wildman–Crippen MR) is 113 cm³/mol. The number of hydrogen-bond donors (Lipinski definition) is 0. The zero-order valence-corrected chi connectivity index (χ0v) is 21.3. The van der Waals surface area contributed by atoms with Gasteiger partial charge in [0, 0.05) is 11.1 Å². The maximum atomic E-state index is 2.37. The highest BCUT2D eigenvalue weighted by Gasteiger charge is 2.31. The van der Waals surface area contributed by atoms with Gasteiger partial charge in [0.05, 0.1) is 26.2 Å². The summed E-state index contributed by atoms with van der Waals surface area (Å²) in [4.78, 5) is 0. The molecule has 2 aromatic rings. The quantitative estimate of drug-likeness (QED) is 0.342. The van der Waals surface area contributed by atoms with Crippen molar-refractivity contribution in [2.75, 3.05) is 39.3 Å². The molecule has 0 heterocycles. The Bertz CT molecular complexity index is 578. The number of quaternary nitrogens is 2. The second-order valence-corrected chi connectivity index (χ2v) is 7.68. The van der Waals surface area contributed by atoms with E-state index in [1.165, 1.54) is 54.9 Å². The Morgan fingerprint density at radius 2 is 0.821 bits per heavy atom. The lowest BCUT2D eigenvalue weighted by Crippen LogP contribution is -3.00. The Balaban J connectivity index is 0.00000364. The van der Waals surface area contributed by atoms with E-state index in [1.807, 2.05) is 0 Å². The molecule has 0 bridgehead atoms. The second-order valence-electron chi connectivity index (χ2n) is 7.68. The minimum atomic E-state index is 0. The fraction of sp³-hybridized carbons (Fsp3) is 0.500. The van der Waals surface area contributed by atoms with Gasteiger partial charge in [-0.25, -0.2) is 0 Å². The number of halogens is 2. The molecule has 0 saturated carbocycles. The summed E-state index contributed by atoms with van der Waals surface area (Å²) >= 11 is 0. The largest absolute Gasteiger partial charge is 1.00 e. The van der Waals surface area contributed by atoms with Crippen molar-refractivity contribution in [3.05, 3.63) is 71.8 Å². The van der Waals surface area contributed by atoms with Crippen LogP contribution in [-0.2, 0) is 13.1 Å². The maximum absolute atomic E-state index is 2.37. The minimum Gasteiger partial charge on any atom is -1.00 e. The predicted octanol–water partition coefficient (Wildman–Crippen LogP) is -0.892. The monoisotopic (exact) mass is 512 g/mol. The van der Waals surface area contributed by atoms with Crippen molar-refractivity contribution in [1.82, 2.24) is 0 Å². The fourth-order valence-electron chi connectivity index (χ4n) is 4.11. The molecule has 0 aliphatic rings. The number of benzene rings is 2. The van der Waals surface area contributed by atoms with Gasteiger partial charge in [0.15, 0.2) is 0 Å². The highest BCUT2D eigenvalue weighted by atomic mass is 79.9. The summed E-state index contributed by atoms with van der Waals surface area (Å²) in [6, 6.07) is 22.1. The summed E-state index contributed by atoms with van der Waals surface area (Å²) in [7, 11) is 0. The van der Waals surface area contributed by atoms with E-state index in [1.54, 1.807) is 0 Å². The van der Waals surface area contributed by atoms with Crippen LogP contribution in [0.4, 0.5) is 0 Å². The van der Waals surface area contributed by atoms with Crippen molar-refractivity contribution in [3.63, 3.8) is 0 Å². The minimum absolute atomic E-state index is 0. The topological polar surface area (TPSA) is 0 Å². The van der Waals surface area contributed by atoms with E-state index >= 15 is 0 Å². The van der Waals surface area contributed by atoms with Crippen LogP contribution in [0.15, 0.2) is 60.7 Å². The molecule has 158 valence electrons. The van der Waals surface area contributed by atoms with Gasteiger partial charge in [-0.2, -0.15) is 0 Å². The Hall–Kier alpha value is -0.680. The zero-order chi connectivity index (χ0) is 18.9. The van der Waals surface area contributed by atoms with Crippen LogP contribution in [0.2, 0.25) is 0 Å². The molecule has 0 N–H and O–H groups in total. The second kappa shape index (κ2) is 13.5. The molecule has 2 rings (SSSR count). The number of nitrogens with zero attached hydrogens (tertiary/aromatic N) is 2. The maximum Gasteiger partial charge on any atom is 0.129 e. The van der Waals surface area contributed by atoms with Gasteiger partial charge in [-0.1, -0.05) is 60.7 Å². The number of hydrogen-bond acceptors (Lipinski definition) is 0. The van der Waals surface area contributed by atoms with Crippen LogP contribution in [0.5, 0.6) is 0 Å². The van der Waals surface area contributed by atoms with E-state index in [0.717, 1.165) is 17.6 Å². The molecule has 0 atom stereocenters. The van der Waals surface area contributed by atoms with E-state index in [4.69, 9.17) is 0 Å². The van der Waals surface area contributed by atoms with Crippen LogP contribution < -0.4 is 34.0 Å². The molecule has 2 nitrogen and oxygen atoms in total. The van der Waals surface area contributed by atoms with Crippen molar-refractivity contribution in [3.8, 4) is 0 Å². The molecular formula is C24H38Br2N2. The molecule has 4 heteroatoms. The van der Waals surface area contributed by atoms with Gasteiger partial charge in [0.2, 0.25) is 0 Å². The first-order valence-corrected chi connectivity index (χ1v) is 10.4. The van der Waals surface area contributed by atoms with E-state index in [0.29, 0.717) is 0 Å². The molecule has 0 amide bonds. The highest BCUT2D eigenvalue weighted by molar-refractivity contribution is 5.15. The van der Waals surface area contributed by atoms with Gasteiger partial charge in [0.25, 0.3) is 0 Å². The van der Waals surface area contributed by atoms with Crippen molar-refractivity contribution < 1.29 is 42.9 Å². The lowest BCUT2D eigenvalue weighted by atomic mass is 10.1.